The van der Waals surface area contributed by atoms with E-state index >= 15 is 0 Å². The third-order valence-corrected chi connectivity index (χ3v) is 2.25. The zero-order chi connectivity index (χ0) is 9.42. The van der Waals surface area contributed by atoms with Crippen molar-refractivity contribution in [3.05, 3.63) is 23.3 Å². The van der Waals surface area contributed by atoms with E-state index in [-0.39, 0.29) is 5.82 Å². The molecule has 66 valence electrons. The molecule has 2 rings (SSSR count). The van der Waals surface area contributed by atoms with Gasteiger partial charge < -0.3 is 9.47 Å². The van der Waals surface area contributed by atoms with Gasteiger partial charge in [0.2, 0.25) is 6.79 Å². The monoisotopic (exact) mass is 174 g/mol. The number of hydrogen-bond acceptors (Lipinski definition) is 2. The van der Waals surface area contributed by atoms with Gasteiger partial charge in [-0.25, -0.2) is 0 Å². The number of benzene rings is 1. The van der Waals surface area contributed by atoms with Gasteiger partial charge in [-0.1, -0.05) is 18.8 Å². The van der Waals surface area contributed by atoms with Crippen molar-refractivity contribution in [3.8, 4) is 11.5 Å². The molecule has 1 atom stereocenters. The fourth-order valence-electron chi connectivity index (χ4n) is 1.66. The largest absolute Gasteiger partial charge is 0.454 e. The summed E-state index contributed by atoms with van der Waals surface area (Å²) in [5.41, 5.74) is 2.20. The lowest BCUT2D eigenvalue weighted by atomic mass is 9.80. The summed E-state index contributed by atoms with van der Waals surface area (Å²) in [5.74, 6) is 1.60. The van der Waals surface area contributed by atoms with Gasteiger partial charge in [-0.15, -0.1) is 0 Å². The van der Waals surface area contributed by atoms with Gasteiger partial charge in [0.05, 0.1) is 7.85 Å². The quantitative estimate of drug-likeness (QED) is 0.605. The predicted molar refractivity (Wildman–Crippen MR) is 51.5 cm³/mol. The minimum atomic E-state index is -0.0170. The molecule has 0 spiro atoms. The van der Waals surface area contributed by atoms with Crippen molar-refractivity contribution in [2.45, 2.75) is 19.7 Å². The smallest absolute Gasteiger partial charge is 0.231 e. The molecule has 1 aromatic carbocycles. The molecule has 0 aliphatic carbocycles. The Kier molecular flexibility index (Phi) is 1.95. The van der Waals surface area contributed by atoms with Crippen LogP contribution in [-0.2, 0) is 0 Å². The van der Waals surface area contributed by atoms with Crippen molar-refractivity contribution < 1.29 is 9.47 Å². The minimum absolute atomic E-state index is 0.0170. The third kappa shape index (κ3) is 1.28. The van der Waals surface area contributed by atoms with Crippen LogP contribution in [0.15, 0.2) is 12.1 Å². The molecule has 0 fully saturated rings. The second-order valence-electron chi connectivity index (χ2n) is 3.32. The Morgan fingerprint density at radius 2 is 2.15 bits per heavy atom. The summed E-state index contributed by atoms with van der Waals surface area (Å²) in [5, 5.41) is 0. The van der Waals surface area contributed by atoms with Crippen molar-refractivity contribution in [1.82, 2.24) is 0 Å². The van der Waals surface area contributed by atoms with E-state index in [0.717, 1.165) is 22.6 Å². The summed E-state index contributed by atoms with van der Waals surface area (Å²) in [6.07, 6.45) is 0. The molecule has 0 bridgehead atoms. The SMILES string of the molecule is [B]C(C)c1c(C)ccc2c1OCO2. The second-order valence-corrected chi connectivity index (χ2v) is 3.32. The van der Waals surface area contributed by atoms with Crippen LogP contribution in [0.2, 0.25) is 0 Å². The third-order valence-electron chi connectivity index (χ3n) is 2.25. The van der Waals surface area contributed by atoms with E-state index < -0.39 is 0 Å². The highest BCUT2D eigenvalue weighted by molar-refractivity contribution is 6.12. The summed E-state index contributed by atoms with van der Waals surface area (Å²) >= 11 is 0. The Balaban J connectivity index is 2.58. The first-order chi connectivity index (χ1) is 6.20. The van der Waals surface area contributed by atoms with Gasteiger partial charge >= 0.3 is 0 Å². The van der Waals surface area contributed by atoms with Gasteiger partial charge in [-0.3, -0.25) is 0 Å². The van der Waals surface area contributed by atoms with Crippen LogP contribution in [0.25, 0.3) is 0 Å². The molecule has 0 N–H and O–H groups in total. The van der Waals surface area contributed by atoms with Gasteiger partial charge in [0.1, 0.15) is 0 Å². The Bertz CT molecular complexity index is 334. The zero-order valence-electron chi connectivity index (χ0n) is 7.83. The number of rotatable bonds is 1. The van der Waals surface area contributed by atoms with Crippen LogP contribution in [0, 0.1) is 6.92 Å². The Morgan fingerprint density at radius 1 is 1.38 bits per heavy atom. The van der Waals surface area contributed by atoms with E-state index in [0.29, 0.717) is 6.79 Å². The highest BCUT2D eigenvalue weighted by atomic mass is 16.7. The van der Waals surface area contributed by atoms with Crippen LogP contribution < -0.4 is 9.47 Å². The Morgan fingerprint density at radius 3 is 2.85 bits per heavy atom. The van der Waals surface area contributed by atoms with Gasteiger partial charge in [0.25, 0.3) is 0 Å². The van der Waals surface area contributed by atoms with Crippen LogP contribution >= 0.6 is 0 Å². The Labute approximate surface area is 79.3 Å². The zero-order valence-corrected chi connectivity index (χ0v) is 7.83. The highest BCUT2D eigenvalue weighted by Gasteiger charge is 2.20. The second kappa shape index (κ2) is 2.98. The maximum absolute atomic E-state index is 5.85. The summed E-state index contributed by atoms with van der Waals surface area (Å²) in [4.78, 5) is 0. The van der Waals surface area contributed by atoms with Crippen LogP contribution in [-0.4, -0.2) is 14.6 Å². The van der Waals surface area contributed by atoms with Crippen LogP contribution in [0.3, 0.4) is 0 Å². The molecule has 1 aliphatic heterocycles. The summed E-state index contributed by atoms with van der Waals surface area (Å²) in [6, 6.07) is 3.93. The standard InChI is InChI=1S/C10H11BO2/c1-6-3-4-8-10(13-5-12-8)9(6)7(2)11/h3-4,7H,5H2,1-2H3. The van der Waals surface area contributed by atoms with E-state index in [1.165, 1.54) is 0 Å². The number of aryl methyl sites for hydroxylation is 1. The summed E-state index contributed by atoms with van der Waals surface area (Å²) < 4.78 is 10.6. The molecule has 1 aliphatic rings. The molecule has 1 unspecified atom stereocenters. The van der Waals surface area contributed by atoms with Crippen molar-refractivity contribution in [1.29, 1.82) is 0 Å². The molecule has 0 saturated carbocycles. The van der Waals surface area contributed by atoms with Gasteiger partial charge in [-0.05, 0) is 24.1 Å². The number of ether oxygens (including phenoxy) is 2. The van der Waals surface area contributed by atoms with Crippen molar-refractivity contribution in [2.24, 2.45) is 0 Å². The van der Waals surface area contributed by atoms with Gasteiger partial charge in [0.15, 0.2) is 11.5 Å². The molecule has 13 heavy (non-hydrogen) atoms. The van der Waals surface area contributed by atoms with Crippen LogP contribution in [0.1, 0.15) is 23.9 Å². The van der Waals surface area contributed by atoms with E-state index in [1.54, 1.807) is 0 Å². The fourth-order valence-corrected chi connectivity index (χ4v) is 1.66. The molecule has 0 saturated heterocycles. The predicted octanol–water partition coefficient (Wildman–Crippen LogP) is 1.95. The average Bonchev–Trinajstić information content (AvgIpc) is 2.50. The van der Waals surface area contributed by atoms with E-state index in [2.05, 4.69) is 0 Å². The van der Waals surface area contributed by atoms with Crippen LogP contribution in [0.5, 0.6) is 11.5 Å². The lowest BCUT2D eigenvalue weighted by Crippen LogP contribution is -1.99. The molecule has 1 aromatic rings. The topological polar surface area (TPSA) is 18.5 Å². The van der Waals surface area contributed by atoms with Crippen molar-refractivity contribution in [3.63, 3.8) is 0 Å². The maximum atomic E-state index is 5.85. The van der Waals surface area contributed by atoms with E-state index in [9.17, 15) is 0 Å². The molecular formula is C10H11BO2. The first-order valence-electron chi connectivity index (χ1n) is 4.35. The van der Waals surface area contributed by atoms with Crippen LogP contribution in [0.4, 0.5) is 0 Å². The Hall–Kier alpha value is -1.12. The molecule has 0 amide bonds. The van der Waals surface area contributed by atoms with Crippen molar-refractivity contribution >= 4 is 7.85 Å². The molecular weight excluding hydrogens is 163 g/mol. The molecule has 1 heterocycles. The fraction of sp³-hybridized carbons (Fsp3) is 0.400. The first-order valence-corrected chi connectivity index (χ1v) is 4.35. The average molecular weight is 174 g/mol. The van der Waals surface area contributed by atoms with Gasteiger partial charge in [-0.2, -0.15) is 0 Å². The lowest BCUT2D eigenvalue weighted by Gasteiger charge is -2.12. The maximum Gasteiger partial charge on any atom is 0.231 e. The number of hydrogen-bond donors (Lipinski definition) is 0. The van der Waals surface area contributed by atoms with E-state index in [4.69, 9.17) is 17.3 Å². The number of fused-ring (bicyclic) bond motifs is 1. The van der Waals surface area contributed by atoms with Crippen molar-refractivity contribution in [2.75, 3.05) is 6.79 Å². The normalized spacial score (nSPS) is 15.8. The first kappa shape index (κ1) is 8.48. The van der Waals surface area contributed by atoms with E-state index in [1.807, 2.05) is 26.0 Å². The highest BCUT2D eigenvalue weighted by Crippen LogP contribution is 2.40. The summed E-state index contributed by atoms with van der Waals surface area (Å²) in [6.45, 7) is 4.28. The molecule has 2 nitrogen and oxygen atoms in total. The lowest BCUT2D eigenvalue weighted by molar-refractivity contribution is 0.173. The molecule has 2 radical (unpaired) electrons. The molecule has 3 heteroatoms. The minimum Gasteiger partial charge on any atom is -0.454 e. The summed E-state index contributed by atoms with van der Waals surface area (Å²) in [7, 11) is 5.85. The molecule has 0 aromatic heterocycles. The van der Waals surface area contributed by atoms with Gasteiger partial charge in [0, 0.05) is 0 Å².